The van der Waals surface area contributed by atoms with Gasteiger partial charge in [0.05, 0.1) is 5.60 Å². The van der Waals surface area contributed by atoms with Crippen molar-refractivity contribution in [2.45, 2.75) is 50.2 Å². The molecular formula is C28H31NO4. The quantitative estimate of drug-likeness (QED) is 0.480. The number of phenolic OH excluding ortho intramolecular Hbond substituents is 2. The highest BCUT2D eigenvalue weighted by atomic mass is 16.3. The van der Waals surface area contributed by atoms with Crippen LogP contribution in [-0.4, -0.2) is 50.7 Å². The molecule has 6 rings (SSSR count). The van der Waals surface area contributed by atoms with Gasteiger partial charge >= 0.3 is 0 Å². The maximum atomic E-state index is 13.1. The lowest BCUT2D eigenvalue weighted by Crippen LogP contribution is -2.70. The van der Waals surface area contributed by atoms with Gasteiger partial charge in [0.2, 0.25) is 0 Å². The van der Waals surface area contributed by atoms with Gasteiger partial charge in [-0.05, 0) is 72.4 Å². The summed E-state index contributed by atoms with van der Waals surface area (Å²) in [6.45, 7) is 1.94. The van der Waals surface area contributed by atoms with E-state index in [1.165, 1.54) is 18.9 Å². The van der Waals surface area contributed by atoms with E-state index in [4.69, 9.17) is 0 Å². The standard InChI is InChI=1S/C28H31NO4/c30-23-9-8-20(11-25(23)32)13-27-15-22-12-24(31)21(10-18-4-2-1-3-5-18)14-28(22,33)26(27)29(17-27)16-19-6-7-19/h1-5,8-11,19,22,26,30,32-33H,6-7,12-17H2/b21-10+/t22?,26-,27+,28?/m1/s1. The first kappa shape index (κ1) is 20.9. The number of likely N-dealkylation sites (tertiary alicyclic amines) is 1. The average Bonchev–Trinajstić information content (AvgIpc) is 3.56. The minimum absolute atomic E-state index is 0.0128. The number of nitrogens with zero attached hydrogens (tertiary/aromatic N) is 1. The highest BCUT2D eigenvalue weighted by Crippen LogP contribution is 2.63. The second-order valence-electron chi connectivity index (χ2n) is 10.9. The number of aromatic hydroxyl groups is 2. The zero-order valence-corrected chi connectivity index (χ0v) is 18.8. The first-order chi connectivity index (χ1) is 15.9. The predicted octanol–water partition coefficient (Wildman–Crippen LogP) is 3.92. The summed E-state index contributed by atoms with van der Waals surface area (Å²) >= 11 is 0. The van der Waals surface area contributed by atoms with Crippen molar-refractivity contribution < 1.29 is 20.1 Å². The number of carbonyl (C=O) groups excluding carboxylic acids is 1. The molecule has 0 radical (unpaired) electrons. The van der Waals surface area contributed by atoms with E-state index >= 15 is 0 Å². The number of benzene rings is 2. The second kappa shape index (κ2) is 7.44. The van der Waals surface area contributed by atoms with Crippen LogP contribution in [0, 0.1) is 17.3 Å². The molecule has 0 bridgehead atoms. The molecule has 1 aliphatic heterocycles. The normalized spacial score (nSPS) is 34.7. The van der Waals surface area contributed by atoms with Gasteiger partial charge in [0, 0.05) is 37.4 Å². The summed E-state index contributed by atoms with van der Waals surface area (Å²) in [4.78, 5) is 15.5. The number of ketones is 1. The Morgan fingerprint density at radius 2 is 1.85 bits per heavy atom. The Morgan fingerprint density at radius 3 is 2.58 bits per heavy atom. The molecule has 5 heteroatoms. The lowest BCUT2D eigenvalue weighted by atomic mass is 9.65. The largest absolute Gasteiger partial charge is 0.504 e. The fourth-order valence-electron chi connectivity index (χ4n) is 7.01. The van der Waals surface area contributed by atoms with Gasteiger partial charge in [-0.2, -0.15) is 0 Å². The van der Waals surface area contributed by atoms with E-state index in [0.717, 1.165) is 48.5 Å². The van der Waals surface area contributed by atoms with Crippen molar-refractivity contribution >= 4 is 11.9 Å². The van der Waals surface area contributed by atoms with Crippen LogP contribution >= 0.6 is 0 Å². The van der Waals surface area contributed by atoms with Crippen molar-refractivity contribution in [3.8, 4) is 11.5 Å². The predicted molar refractivity (Wildman–Crippen MR) is 126 cm³/mol. The van der Waals surface area contributed by atoms with Gasteiger partial charge in [0.15, 0.2) is 17.3 Å². The van der Waals surface area contributed by atoms with Crippen LogP contribution in [0.4, 0.5) is 0 Å². The van der Waals surface area contributed by atoms with Crippen LogP contribution in [0.3, 0.4) is 0 Å². The lowest BCUT2D eigenvalue weighted by molar-refractivity contribution is -0.153. The maximum absolute atomic E-state index is 13.1. The molecule has 1 saturated heterocycles. The third-order valence-corrected chi connectivity index (χ3v) is 8.49. The molecule has 4 fully saturated rings. The lowest BCUT2D eigenvalue weighted by Gasteiger charge is -2.59. The highest BCUT2D eigenvalue weighted by molar-refractivity contribution is 6.01. The number of fused-ring (bicyclic) bond motifs is 3. The Hall–Kier alpha value is -2.63. The summed E-state index contributed by atoms with van der Waals surface area (Å²) in [5.41, 5.74) is 1.67. The molecule has 2 unspecified atom stereocenters. The van der Waals surface area contributed by atoms with Gasteiger partial charge in [-0.25, -0.2) is 0 Å². The average molecular weight is 446 g/mol. The number of hydrogen-bond acceptors (Lipinski definition) is 5. The van der Waals surface area contributed by atoms with E-state index in [9.17, 15) is 20.1 Å². The van der Waals surface area contributed by atoms with Crippen LogP contribution in [0.25, 0.3) is 6.08 Å². The first-order valence-electron chi connectivity index (χ1n) is 12.1. The summed E-state index contributed by atoms with van der Waals surface area (Å²) in [6, 6.07) is 14.9. The minimum atomic E-state index is -0.916. The third kappa shape index (κ3) is 3.49. The van der Waals surface area contributed by atoms with E-state index < -0.39 is 5.60 Å². The van der Waals surface area contributed by atoms with Gasteiger partial charge in [-0.1, -0.05) is 36.4 Å². The van der Waals surface area contributed by atoms with Crippen LogP contribution in [-0.2, 0) is 11.2 Å². The van der Waals surface area contributed by atoms with Gasteiger partial charge in [-0.3, -0.25) is 9.69 Å². The topological polar surface area (TPSA) is 81.0 Å². The molecule has 3 saturated carbocycles. The van der Waals surface area contributed by atoms with Crippen molar-refractivity contribution in [1.82, 2.24) is 4.90 Å². The zero-order valence-electron chi connectivity index (χ0n) is 18.8. The van der Waals surface area contributed by atoms with Gasteiger partial charge in [0.25, 0.3) is 0 Å². The molecule has 4 aliphatic rings. The number of Topliss-reactive ketones (excluding diaryl/α,β-unsaturated/α-hetero) is 1. The van der Waals surface area contributed by atoms with Crippen molar-refractivity contribution in [3.05, 3.63) is 65.2 Å². The molecular weight excluding hydrogens is 414 g/mol. The van der Waals surface area contributed by atoms with Crippen molar-refractivity contribution in [3.63, 3.8) is 0 Å². The molecule has 2 aromatic rings. The van der Waals surface area contributed by atoms with Crippen LogP contribution in [0.2, 0.25) is 0 Å². The SMILES string of the molecule is O=C1CC2C[C@@]3(Cc4ccc(O)c(O)c4)CN(CC4CC4)[C@H]3C2(O)C/C1=C\c1ccccc1. The van der Waals surface area contributed by atoms with E-state index in [1.807, 2.05) is 42.5 Å². The molecule has 2 aromatic carbocycles. The zero-order chi connectivity index (χ0) is 22.8. The van der Waals surface area contributed by atoms with Crippen molar-refractivity contribution in [2.75, 3.05) is 13.1 Å². The Balaban J connectivity index is 1.33. The number of hydrogen-bond donors (Lipinski definition) is 3. The number of rotatable bonds is 5. The number of phenols is 2. The van der Waals surface area contributed by atoms with E-state index in [1.54, 1.807) is 6.07 Å². The summed E-state index contributed by atoms with van der Waals surface area (Å²) in [5, 5.41) is 31.9. The number of aliphatic hydroxyl groups is 1. The number of carbonyl (C=O) groups is 1. The second-order valence-corrected chi connectivity index (χ2v) is 10.9. The highest BCUT2D eigenvalue weighted by Gasteiger charge is 2.70. The summed E-state index contributed by atoms with van der Waals surface area (Å²) in [5.74, 6) is 0.621. The Labute approximate surface area is 194 Å². The molecule has 4 atom stereocenters. The van der Waals surface area contributed by atoms with Crippen LogP contribution in [0.15, 0.2) is 54.1 Å². The molecule has 0 spiro atoms. The third-order valence-electron chi connectivity index (χ3n) is 8.49. The van der Waals surface area contributed by atoms with Gasteiger partial charge in [0.1, 0.15) is 0 Å². The summed E-state index contributed by atoms with van der Waals surface area (Å²) in [6.07, 6.45) is 6.84. The minimum Gasteiger partial charge on any atom is -0.504 e. The molecule has 1 heterocycles. The fraction of sp³-hybridized carbons (Fsp3) is 0.464. The molecule has 0 aromatic heterocycles. The Bertz CT molecular complexity index is 1120. The Kier molecular flexibility index (Phi) is 4.72. The van der Waals surface area contributed by atoms with E-state index in [0.29, 0.717) is 12.8 Å². The fourth-order valence-corrected chi connectivity index (χ4v) is 7.01. The van der Waals surface area contributed by atoms with Crippen molar-refractivity contribution in [1.29, 1.82) is 0 Å². The summed E-state index contributed by atoms with van der Waals surface area (Å²) in [7, 11) is 0. The maximum Gasteiger partial charge on any atom is 0.159 e. The van der Waals surface area contributed by atoms with Crippen LogP contribution in [0.5, 0.6) is 11.5 Å². The van der Waals surface area contributed by atoms with Crippen LogP contribution in [0.1, 0.15) is 43.2 Å². The van der Waals surface area contributed by atoms with Crippen LogP contribution < -0.4 is 0 Å². The molecule has 172 valence electrons. The molecule has 0 amide bonds. The summed E-state index contributed by atoms with van der Waals surface area (Å²) < 4.78 is 0. The molecule has 5 nitrogen and oxygen atoms in total. The van der Waals surface area contributed by atoms with Gasteiger partial charge in [-0.15, -0.1) is 0 Å². The van der Waals surface area contributed by atoms with E-state index in [-0.39, 0.29) is 34.7 Å². The molecule has 3 N–H and O–H groups in total. The Morgan fingerprint density at radius 1 is 1.06 bits per heavy atom. The van der Waals surface area contributed by atoms with E-state index in [2.05, 4.69) is 4.90 Å². The monoisotopic (exact) mass is 445 g/mol. The molecule has 3 aliphatic carbocycles. The van der Waals surface area contributed by atoms with Crippen molar-refractivity contribution in [2.24, 2.45) is 17.3 Å². The van der Waals surface area contributed by atoms with Gasteiger partial charge < -0.3 is 15.3 Å². The first-order valence-corrected chi connectivity index (χ1v) is 12.1. The smallest absolute Gasteiger partial charge is 0.159 e. The molecule has 33 heavy (non-hydrogen) atoms.